The standard InChI is InChI=1S/C14H21BrO2/c1-10(2)13(15)8-6-11-5-7-12(16-3)9-14(11)17-4/h5,7,9-10,13H,6,8H2,1-4H3. The molecule has 0 aliphatic rings. The van der Waals surface area contributed by atoms with Gasteiger partial charge in [0.05, 0.1) is 14.2 Å². The van der Waals surface area contributed by atoms with Gasteiger partial charge in [-0.25, -0.2) is 0 Å². The number of methoxy groups -OCH3 is 2. The zero-order valence-electron chi connectivity index (χ0n) is 11.0. The van der Waals surface area contributed by atoms with E-state index in [-0.39, 0.29) is 0 Å². The van der Waals surface area contributed by atoms with E-state index < -0.39 is 0 Å². The van der Waals surface area contributed by atoms with Crippen LogP contribution in [0.1, 0.15) is 25.8 Å². The van der Waals surface area contributed by atoms with Crippen LogP contribution in [-0.2, 0) is 6.42 Å². The minimum atomic E-state index is 0.550. The van der Waals surface area contributed by atoms with E-state index in [2.05, 4.69) is 35.8 Å². The molecule has 0 saturated heterocycles. The van der Waals surface area contributed by atoms with Gasteiger partial charge in [-0.1, -0.05) is 35.8 Å². The summed E-state index contributed by atoms with van der Waals surface area (Å²) < 4.78 is 10.6. The van der Waals surface area contributed by atoms with Crippen LogP contribution in [0.2, 0.25) is 0 Å². The zero-order chi connectivity index (χ0) is 12.8. The third kappa shape index (κ3) is 4.23. The third-order valence-corrected chi connectivity index (χ3v) is 4.42. The zero-order valence-corrected chi connectivity index (χ0v) is 12.6. The van der Waals surface area contributed by atoms with Gasteiger partial charge in [0.15, 0.2) is 0 Å². The van der Waals surface area contributed by atoms with Crippen LogP contribution in [0.25, 0.3) is 0 Å². The Morgan fingerprint density at radius 2 is 1.88 bits per heavy atom. The lowest BCUT2D eigenvalue weighted by Crippen LogP contribution is -2.08. The number of aryl methyl sites for hydroxylation is 1. The number of alkyl halides is 1. The lowest BCUT2D eigenvalue weighted by Gasteiger charge is -2.15. The average Bonchev–Trinajstić information content (AvgIpc) is 2.35. The van der Waals surface area contributed by atoms with Gasteiger partial charge in [0.25, 0.3) is 0 Å². The number of benzene rings is 1. The van der Waals surface area contributed by atoms with Gasteiger partial charge in [0.2, 0.25) is 0 Å². The fourth-order valence-electron chi connectivity index (χ4n) is 1.69. The predicted molar refractivity (Wildman–Crippen MR) is 75.4 cm³/mol. The largest absolute Gasteiger partial charge is 0.497 e. The number of hydrogen-bond acceptors (Lipinski definition) is 2. The van der Waals surface area contributed by atoms with Crippen LogP contribution in [0.4, 0.5) is 0 Å². The first-order valence-corrected chi connectivity index (χ1v) is 6.85. The highest BCUT2D eigenvalue weighted by atomic mass is 79.9. The molecule has 0 fully saturated rings. The second kappa shape index (κ2) is 6.90. The highest BCUT2D eigenvalue weighted by Gasteiger charge is 2.11. The average molecular weight is 301 g/mol. The number of halogens is 1. The first kappa shape index (κ1) is 14.4. The van der Waals surface area contributed by atoms with Crippen LogP contribution >= 0.6 is 15.9 Å². The Morgan fingerprint density at radius 1 is 1.18 bits per heavy atom. The summed E-state index contributed by atoms with van der Waals surface area (Å²) in [5.74, 6) is 2.40. The molecule has 1 rings (SSSR count). The molecule has 0 aliphatic heterocycles. The molecule has 0 N–H and O–H groups in total. The van der Waals surface area contributed by atoms with E-state index in [0.29, 0.717) is 10.7 Å². The Labute approximate surface area is 112 Å². The molecule has 0 radical (unpaired) electrons. The molecule has 0 aromatic heterocycles. The first-order valence-electron chi connectivity index (χ1n) is 5.93. The molecule has 0 aliphatic carbocycles. The van der Waals surface area contributed by atoms with Gasteiger partial charge >= 0.3 is 0 Å². The number of ether oxygens (including phenoxy) is 2. The molecule has 0 amide bonds. The molecule has 1 unspecified atom stereocenters. The van der Waals surface area contributed by atoms with Crippen LogP contribution in [0.15, 0.2) is 18.2 Å². The molecule has 0 heterocycles. The Morgan fingerprint density at radius 3 is 2.41 bits per heavy atom. The molecule has 2 nitrogen and oxygen atoms in total. The summed E-state index contributed by atoms with van der Waals surface area (Å²) in [5, 5.41) is 0. The summed E-state index contributed by atoms with van der Waals surface area (Å²) in [6.45, 7) is 4.45. The monoisotopic (exact) mass is 300 g/mol. The Kier molecular flexibility index (Phi) is 5.83. The molecule has 96 valence electrons. The molecular formula is C14H21BrO2. The van der Waals surface area contributed by atoms with E-state index in [0.717, 1.165) is 24.3 Å². The number of hydrogen-bond donors (Lipinski definition) is 0. The van der Waals surface area contributed by atoms with Crippen molar-refractivity contribution in [1.29, 1.82) is 0 Å². The van der Waals surface area contributed by atoms with E-state index in [9.17, 15) is 0 Å². The molecule has 17 heavy (non-hydrogen) atoms. The van der Waals surface area contributed by atoms with Crippen LogP contribution in [0, 0.1) is 5.92 Å². The Hall–Kier alpha value is -0.700. The maximum atomic E-state index is 5.39. The van der Waals surface area contributed by atoms with Gasteiger partial charge in [0.1, 0.15) is 11.5 Å². The van der Waals surface area contributed by atoms with Crippen molar-refractivity contribution >= 4 is 15.9 Å². The van der Waals surface area contributed by atoms with Crippen LogP contribution in [0.3, 0.4) is 0 Å². The highest BCUT2D eigenvalue weighted by molar-refractivity contribution is 9.09. The summed E-state index contributed by atoms with van der Waals surface area (Å²) in [6, 6.07) is 6.00. The van der Waals surface area contributed by atoms with E-state index in [1.54, 1.807) is 14.2 Å². The topological polar surface area (TPSA) is 18.5 Å². The van der Waals surface area contributed by atoms with Crippen LogP contribution < -0.4 is 9.47 Å². The Balaban J connectivity index is 2.70. The van der Waals surface area contributed by atoms with Crippen molar-refractivity contribution < 1.29 is 9.47 Å². The maximum absolute atomic E-state index is 5.39. The predicted octanol–water partition coefficient (Wildman–Crippen LogP) is 4.06. The normalized spacial score (nSPS) is 12.6. The van der Waals surface area contributed by atoms with Crippen molar-refractivity contribution in [3.8, 4) is 11.5 Å². The van der Waals surface area contributed by atoms with E-state index in [1.165, 1.54) is 5.56 Å². The quantitative estimate of drug-likeness (QED) is 0.738. The lowest BCUT2D eigenvalue weighted by atomic mass is 10.0. The molecule has 3 heteroatoms. The molecule has 1 aromatic carbocycles. The summed E-state index contributed by atoms with van der Waals surface area (Å²) in [5.41, 5.74) is 1.23. The van der Waals surface area contributed by atoms with Crippen LogP contribution in [0.5, 0.6) is 11.5 Å². The highest BCUT2D eigenvalue weighted by Crippen LogP contribution is 2.27. The smallest absolute Gasteiger partial charge is 0.125 e. The fraction of sp³-hybridized carbons (Fsp3) is 0.571. The van der Waals surface area contributed by atoms with Gasteiger partial charge in [-0.2, -0.15) is 0 Å². The summed E-state index contributed by atoms with van der Waals surface area (Å²) >= 11 is 3.71. The van der Waals surface area contributed by atoms with Crippen molar-refractivity contribution in [3.63, 3.8) is 0 Å². The second-order valence-corrected chi connectivity index (χ2v) is 5.65. The SMILES string of the molecule is COc1ccc(CCC(Br)C(C)C)c(OC)c1. The van der Waals surface area contributed by atoms with Crippen molar-refractivity contribution in [2.24, 2.45) is 5.92 Å². The molecular weight excluding hydrogens is 280 g/mol. The minimum absolute atomic E-state index is 0.550. The van der Waals surface area contributed by atoms with Gasteiger partial charge < -0.3 is 9.47 Å². The molecule has 1 aromatic rings. The summed E-state index contributed by atoms with van der Waals surface area (Å²) in [6.07, 6.45) is 2.13. The van der Waals surface area contributed by atoms with Crippen molar-refractivity contribution in [3.05, 3.63) is 23.8 Å². The molecule has 1 atom stereocenters. The number of rotatable bonds is 6. The van der Waals surface area contributed by atoms with Crippen molar-refractivity contribution in [2.45, 2.75) is 31.5 Å². The van der Waals surface area contributed by atoms with Gasteiger partial charge in [-0.05, 0) is 30.4 Å². The third-order valence-electron chi connectivity index (χ3n) is 2.91. The van der Waals surface area contributed by atoms with E-state index in [4.69, 9.17) is 9.47 Å². The summed E-state index contributed by atoms with van der Waals surface area (Å²) in [4.78, 5) is 0.550. The molecule has 0 bridgehead atoms. The fourth-order valence-corrected chi connectivity index (χ4v) is 1.91. The summed E-state index contributed by atoms with van der Waals surface area (Å²) in [7, 11) is 3.37. The van der Waals surface area contributed by atoms with Gasteiger partial charge in [-0.3, -0.25) is 0 Å². The van der Waals surface area contributed by atoms with Gasteiger partial charge in [0, 0.05) is 10.9 Å². The van der Waals surface area contributed by atoms with Crippen molar-refractivity contribution in [2.75, 3.05) is 14.2 Å². The second-order valence-electron chi connectivity index (χ2n) is 4.48. The minimum Gasteiger partial charge on any atom is -0.497 e. The van der Waals surface area contributed by atoms with Crippen molar-refractivity contribution in [1.82, 2.24) is 0 Å². The lowest BCUT2D eigenvalue weighted by molar-refractivity contribution is 0.390. The first-order chi connectivity index (χ1) is 8.08. The van der Waals surface area contributed by atoms with E-state index in [1.807, 2.05) is 12.1 Å². The maximum Gasteiger partial charge on any atom is 0.125 e. The molecule has 0 spiro atoms. The molecule has 0 saturated carbocycles. The Bertz CT molecular complexity index is 350. The van der Waals surface area contributed by atoms with Gasteiger partial charge in [-0.15, -0.1) is 0 Å². The van der Waals surface area contributed by atoms with E-state index >= 15 is 0 Å². The van der Waals surface area contributed by atoms with Crippen LogP contribution in [-0.4, -0.2) is 19.0 Å².